The Hall–Kier alpha value is -1.35. The van der Waals surface area contributed by atoms with Crippen LogP contribution in [0.2, 0.25) is 0 Å². The maximum atomic E-state index is 11.7. The summed E-state index contributed by atoms with van der Waals surface area (Å²) in [6.07, 6.45) is 0.941. The lowest BCUT2D eigenvalue weighted by molar-refractivity contribution is -0.170. The van der Waals surface area contributed by atoms with Crippen LogP contribution in [0.25, 0.3) is 0 Å². The molecule has 80 valence electrons. The molecule has 1 aromatic carbocycles. The molecule has 1 saturated carbocycles. The van der Waals surface area contributed by atoms with Crippen LogP contribution in [0.3, 0.4) is 0 Å². The van der Waals surface area contributed by atoms with Gasteiger partial charge in [0.05, 0.1) is 7.11 Å². The van der Waals surface area contributed by atoms with Crippen molar-refractivity contribution in [3.8, 4) is 0 Å². The highest BCUT2D eigenvalue weighted by Gasteiger charge is 2.45. The van der Waals surface area contributed by atoms with Crippen molar-refractivity contribution < 1.29 is 9.63 Å². The summed E-state index contributed by atoms with van der Waals surface area (Å²) < 4.78 is 0. The van der Waals surface area contributed by atoms with Crippen LogP contribution in [-0.4, -0.2) is 25.1 Å². The number of amides is 1. The first-order valence-electron chi connectivity index (χ1n) is 5.10. The molecule has 3 nitrogen and oxygen atoms in total. The fraction of sp³-hybridized carbons (Fsp3) is 0.417. The minimum Gasteiger partial charge on any atom is -0.275 e. The standard InChI is InChI=1S/C12H15NO2/c1-13(15-2)12(14)11-8-10(11)9-6-4-3-5-7-9/h3-7,10-11H,8H2,1-2H3. The second kappa shape index (κ2) is 4.03. The number of carbonyl (C=O) groups excluding carboxylic acids is 1. The molecular weight excluding hydrogens is 190 g/mol. The average Bonchev–Trinajstić information content (AvgIpc) is 3.08. The first-order valence-corrected chi connectivity index (χ1v) is 5.10. The van der Waals surface area contributed by atoms with Crippen LogP contribution in [0.4, 0.5) is 0 Å². The third-order valence-corrected chi connectivity index (χ3v) is 2.92. The van der Waals surface area contributed by atoms with Gasteiger partial charge in [0.2, 0.25) is 5.91 Å². The van der Waals surface area contributed by atoms with E-state index < -0.39 is 0 Å². The van der Waals surface area contributed by atoms with Gasteiger partial charge in [-0.3, -0.25) is 9.63 Å². The summed E-state index contributed by atoms with van der Waals surface area (Å²) in [5.41, 5.74) is 1.25. The molecule has 0 bridgehead atoms. The van der Waals surface area contributed by atoms with Crippen molar-refractivity contribution in [3.63, 3.8) is 0 Å². The summed E-state index contributed by atoms with van der Waals surface area (Å²) in [6.45, 7) is 0. The molecule has 15 heavy (non-hydrogen) atoms. The zero-order chi connectivity index (χ0) is 10.8. The van der Waals surface area contributed by atoms with Crippen molar-refractivity contribution in [2.75, 3.05) is 14.2 Å². The Morgan fingerprint density at radius 1 is 1.40 bits per heavy atom. The summed E-state index contributed by atoms with van der Waals surface area (Å²) >= 11 is 0. The van der Waals surface area contributed by atoms with Crippen LogP contribution in [0, 0.1) is 5.92 Å². The summed E-state index contributed by atoms with van der Waals surface area (Å²) in [5, 5.41) is 1.31. The van der Waals surface area contributed by atoms with E-state index >= 15 is 0 Å². The topological polar surface area (TPSA) is 29.5 Å². The van der Waals surface area contributed by atoms with E-state index in [1.54, 1.807) is 7.05 Å². The second-order valence-corrected chi connectivity index (χ2v) is 3.88. The van der Waals surface area contributed by atoms with Crippen LogP contribution in [0.1, 0.15) is 17.9 Å². The maximum absolute atomic E-state index is 11.7. The van der Waals surface area contributed by atoms with Crippen molar-refractivity contribution in [2.45, 2.75) is 12.3 Å². The highest BCUT2D eigenvalue weighted by molar-refractivity contribution is 5.81. The average molecular weight is 205 g/mol. The van der Waals surface area contributed by atoms with E-state index in [1.807, 2.05) is 18.2 Å². The van der Waals surface area contributed by atoms with Crippen LogP contribution < -0.4 is 0 Å². The lowest BCUT2D eigenvalue weighted by Gasteiger charge is -2.13. The van der Waals surface area contributed by atoms with Gasteiger partial charge in [-0.05, 0) is 17.9 Å². The molecule has 1 aliphatic rings. The summed E-state index contributed by atoms with van der Waals surface area (Å²) in [5.74, 6) is 0.569. The molecule has 2 atom stereocenters. The molecule has 1 aliphatic carbocycles. The first-order chi connectivity index (χ1) is 7.24. The van der Waals surface area contributed by atoms with E-state index in [9.17, 15) is 4.79 Å². The predicted molar refractivity (Wildman–Crippen MR) is 57.1 cm³/mol. The fourth-order valence-corrected chi connectivity index (χ4v) is 1.86. The molecule has 0 heterocycles. The van der Waals surface area contributed by atoms with E-state index in [0.717, 1.165) is 6.42 Å². The summed E-state index contributed by atoms with van der Waals surface area (Å²) in [6, 6.07) is 10.2. The van der Waals surface area contributed by atoms with Gasteiger partial charge in [0.25, 0.3) is 0 Å². The smallest absolute Gasteiger partial charge is 0.249 e. The Morgan fingerprint density at radius 3 is 2.67 bits per heavy atom. The molecule has 0 saturated heterocycles. The Balaban J connectivity index is 2.00. The molecule has 0 radical (unpaired) electrons. The maximum Gasteiger partial charge on any atom is 0.249 e. The minimum absolute atomic E-state index is 0.0753. The van der Waals surface area contributed by atoms with Gasteiger partial charge in [-0.1, -0.05) is 30.3 Å². The number of hydroxylamine groups is 2. The van der Waals surface area contributed by atoms with Gasteiger partial charge in [-0.2, -0.15) is 0 Å². The number of carbonyl (C=O) groups is 1. The molecule has 3 heteroatoms. The van der Waals surface area contributed by atoms with Gasteiger partial charge in [0.1, 0.15) is 0 Å². The first kappa shape index (κ1) is 10.2. The Kier molecular flexibility index (Phi) is 2.73. The zero-order valence-electron chi connectivity index (χ0n) is 9.01. The van der Waals surface area contributed by atoms with Crippen LogP contribution >= 0.6 is 0 Å². The number of benzene rings is 1. The van der Waals surface area contributed by atoms with Gasteiger partial charge in [0.15, 0.2) is 0 Å². The van der Waals surface area contributed by atoms with E-state index in [4.69, 9.17) is 4.84 Å². The molecule has 0 N–H and O–H groups in total. The van der Waals surface area contributed by atoms with Crippen molar-refractivity contribution in [2.24, 2.45) is 5.92 Å². The number of hydrogen-bond donors (Lipinski definition) is 0. The molecule has 2 unspecified atom stereocenters. The van der Waals surface area contributed by atoms with Crippen LogP contribution in [0.15, 0.2) is 30.3 Å². The Morgan fingerprint density at radius 2 is 2.07 bits per heavy atom. The molecule has 2 rings (SSSR count). The summed E-state index contributed by atoms with van der Waals surface area (Å²) in [7, 11) is 3.17. The fourth-order valence-electron chi connectivity index (χ4n) is 1.86. The van der Waals surface area contributed by atoms with Crippen molar-refractivity contribution in [1.82, 2.24) is 5.06 Å². The monoisotopic (exact) mass is 205 g/mol. The number of hydrogen-bond acceptors (Lipinski definition) is 2. The van der Waals surface area contributed by atoms with E-state index in [-0.39, 0.29) is 11.8 Å². The second-order valence-electron chi connectivity index (χ2n) is 3.88. The van der Waals surface area contributed by atoms with E-state index in [0.29, 0.717) is 5.92 Å². The van der Waals surface area contributed by atoms with Crippen molar-refractivity contribution >= 4 is 5.91 Å². The van der Waals surface area contributed by atoms with Gasteiger partial charge in [-0.25, -0.2) is 5.06 Å². The van der Waals surface area contributed by atoms with E-state index in [1.165, 1.54) is 17.7 Å². The largest absolute Gasteiger partial charge is 0.275 e. The van der Waals surface area contributed by atoms with E-state index in [2.05, 4.69) is 12.1 Å². The third-order valence-electron chi connectivity index (χ3n) is 2.92. The highest BCUT2D eigenvalue weighted by Crippen LogP contribution is 2.48. The minimum atomic E-state index is 0.0753. The van der Waals surface area contributed by atoms with Gasteiger partial charge < -0.3 is 0 Å². The molecular formula is C12H15NO2. The molecule has 1 aromatic rings. The third kappa shape index (κ3) is 2.02. The predicted octanol–water partition coefficient (Wildman–Crippen LogP) is 1.81. The lowest BCUT2D eigenvalue weighted by atomic mass is 10.1. The SMILES string of the molecule is CON(C)C(=O)C1CC1c1ccccc1. The highest BCUT2D eigenvalue weighted by atomic mass is 16.7. The Bertz CT molecular complexity index is 350. The molecule has 1 fully saturated rings. The molecule has 0 aromatic heterocycles. The van der Waals surface area contributed by atoms with Gasteiger partial charge in [-0.15, -0.1) is 0 Å². The van der Waals surface area contributed by atoms with Crippen LogP contribution in [0.5, 0.6) is 0 Å². The summed E-state index contributed by atoms with van der Waals surface area (Å²) in [4.78, 5) is 16.6. The number of nitrogens with zero attached hydrogens (tertiary/aromatic N) is 1. The quantitative estimate of drug-likeness (QED) is 0.704. The number of rotatable bonds is 3. The zero-order valence-corrected chi connectivity index (χ0v) is 9.01. The van der Waals surface area contributed by atoms with Crippen molar-refractivity contribution in [1.29, 1.82) is 0 Å². The Labute approximate surface area is 89.6 Å². The van der Waals surface area contributed by atoms with Gasteiger partial charge in [0, 0.05) is 13.0 Å². The molecule has 0 spiro atoms. The van der Waals surface area contributed by atoms with Crippen LogP contribution in [-0.2, 0) is 9.63 Å². The van der Waals surface area contributed by atoms with Crippen molar-refractivity contribution in [3.05, 3.63) is 35.9 Å². The lowest BCUT2D eigenvalue weighted by Crippen LogP contribution is -2.27. The normalized spacial score (nSPS) is 23.6. The molecule has 1 amide bonds. The molecule has 0 aliphatic heterocycles. The van der Waals surface area contributed by atoms with Gasteiger partial charge >= 0.3 is 0 Å².